The molecular weight excluding hydrogens is 278 g/mol. The van der Waals surface area contributed by atoms with Crippen LogP contribution in [0.5, 0.6) is 0 Å². The van der Waals surface area contributed by atoms with Crippen LogP contribution in [-0.4, -0.2) is 0 Å². The predicted molar refractivity (Wildman–Crippen MR) is 100 cm³/mol. The third-order valence-corrected chi connectivity index (χ3v) is 4.19. The van der Waals surface area contributed by atoms with Crippen molar-refractivity contribution in [1.29, 1.82) is 0 Å². The van der Waals surface area contributed by atoms with E-state index in [1.54, 1.807) is 0 Å². The van der Waals surface area contributed by atoms with E-state index in [0.717, 1.165) is 5.69 Å². The molecule has 0 aliphatic rings. The molecule has 0 aromatic heterocycles. The van der Waals surface area contributed by atoms with Gasteiger partial charge in [-0.25, -0.2) is 0 Å². The van der Waals surface area contributed by atoms with Crippen LogP contribution in [0.3, 0.4) is 0 Å². The SMILES string of the molecule is CC(C)(C)c1ccc(-c2cccc(-c3ccc(N)cc3)c2)cc1. The summed E-state index contributed by atoms with van der Waals surface area (Å²) in [6.45, 7) is 6.72. The third-order valence-electron chi connectivity index (χ3n) is 4.19. The fourth-order valence-electron chi connectivity index (χ4n) is 2.72. The molecule has 0 atom stereocenters. The lowest BCUT2D eigenvalue weighted by atomic mass is 9.86. The van der Waals surface area contributed by atoms with Crippen molar-refractivity contribution < 1.29 is 0 Å². The minimum Gasteiger partial charge on any atom is -0.399 e. The van der Waals surface area contributed by atoms with Crippen LogP contribution in [0, 0.1) is 0 Å². The predicted octanol–water partition coefficient (Wildman–Crippen LogP) is 5.90. The summed E-state index contributed by atoms with van der Waals surface area (Å²) in [6, 6.07) is 25.5. The van der Waals surface area contributed by atoms with Crippen LogP contribution in [0.15, 0.2) is 72.8 Å². The molecule has 1 heteroatoms. The first-order chi connectivity index (χ1) is 10.9. The summed E-state index contributed by atoms with van der Waals surface area (Å²) in [5.74, 6) is 0. The molecule has 0 heterocycles. The van der Waals surface area contributed by atoms with Gasteiger partial charge in [-0.05, 0) is 51.4 Å². The number of nitrogens with two attached hydrogens (primary N) is 1. The van der Waals surface area contributed by atoms with Gasteiger partial charge in [0.1, 0.15) is 0 Å². The fourth-order valence-corrected chi connectivity index (χ4v) is 2.72. The fraction of sp³-hybridized carbons (Fsp3) is 0.182. The molecule has 0 saturated carbocycles. The van der Waals surface area contributed by atoms with E-state index in [4.69, 9.17) is 5.73 Å². The number of nitrogen functional groups attached to an aromatic ring is 1. The lowest BCUT2D eigenvalue weighted by Gasteiger charge is -2.19. The summed E-state index contributed by atoms with van der Waals surface area (Å²) >= 11 is 0. The molecule has 0 unspecified atom stereocenters. The minimum absolute atomic E-state index is 0.185. The van der Waals surface area contributed by atoms with Crippen molar-refractivity contribution in [3.63, 3.8) is 0 Å². The normalized spacial score (nSPS) is 11.4. The molecule has 0 spiro atoms. The van der Waals surface area contributed by atoms with Gasteiger partial charge in [-0.2, -0.15) is 0 Å². The quantitative estimate of drug-likeness (QED) is 0.586. The molecule has 1 nitrogen and oxygen atoms in total. The van der Waals surface area contributed by atoms with E-state index < -0.39 is 0 Å². The van der Waals surface area contributed by atoms with Crippen LogP contribution in [0.1, 0.15) is 26.3 Å². The highest BCUT2D eigenvalue weighted by molar-refractivity contribution is 5.73. The highest BCUT2D eigenvalue weighted by Gasteiger charge is 2.13. The second-order valence-corrected chi connectivity index (χ2v) is 7.03. The summed E-state index contributed by atoms with van der Waals surface area (Å²) in [5.41, 5.74) is 13.0. The number of hydrogen-bond donors (Lipinski definition) is 1. The first-order valence-electron chi connectivity index (χ1n) is 8.00. The van der Waals surface area contributed by atoms with Gasteiger partial charge in [0.25, 0.3) is 0 Å². The van der Waals surface area contributed by atoms with Gasteiger partial charge in [0.2, 0.25) is 0 Å². The minimum atomic E-state index is 0.185. The average molecular weight is 301 g/mol. The highest BCUT2D eigenvalue weighted by Crippen LogP contribution is 2.29. The Kier molecular flexibility index (Phi) is 3.96. The third kappa shape index (κ3) is 3.45. The molecule has 3 aromatic carbocycles. The summed E-state index contributed by atoms with van der Waals surface area (Å²) in [6.07, 6.45) is 0. The summed E-state index contributed by atoms with van der Waals surface area (Å²) in [4.78, 5) is 0. The number of rotatable bonds is 2. The summed E-state index contributed by atoms with van der Waals surface area (Å²) < 4.78 is 0. The van der Waals surface area contributed by atoms with Crippen LogP contribution in [-0.2, 0) is 5.41 Å². The van der Waals surface area contributed by atoms with Gasteiger partial charge in [-0.1, -0.05) is 75.4 Å². The molecule has 0 aliphatic carbocycles. The van der Waals surface area contributed by atoms with Gasteiger partial charge in [-0.15, -0.1) is 0 Å². The Balaban J connectivity index is 1.95. The highest BCUT2D eigenvalue weighted by atomic mass is 14.5. The van der Waals surface area contributed by atoms with Gasteiger partial charge in [0, 0.05) is 5.69 Å². The van der Waals surface area contributed by atoms with Gasteiger partial charge in [0.15, 0.2) is 0 Å². The van der Waals surface area contributed by atoms with Crippen molar-refractivity contribution in [2.45, 2.75) is 26.2 Å². The van der Waals surface area contributed by atoms with Crippen molar-refractivity contribution in [2.24, 2.45) is 0 Å². The number of hydrogen-bond acceptors (Lipinski definition) is 1. The Hall–Kier alpha value is -2.54. The van der Waals surface area contributed by atoms with E-state index >= 15 is 0 Å². The first-order valence-corrected chi connectivity index (χ1v) is 8.00. The first kappa shape index (κ1) is 15.4. The molecule has 2 N–H and O–H groups in total. The maximum Gasteiger partial charge on any atom is 0.0314 e. The molecule has 0 fully saturated rings. The van der Waals surface area contributed by atoms with E-state index in [1.165, 1.54) is 27.8 Å². The molecule has 0 aliphatic heterocycles. The standard InChI is InChI=1S/C22H23N/c1-22(2,3)20-11-7-16(8-12-20)18-5-4-6-19(15-18)17-9-13-21(23)14-10-17/h4-15H,23H2,1-3H3. The molecule has 3 rings (SSSR count). The maximum atomic E-state index is 5.77. The number of anilines is 1. The average Bonchev–Trinajstić information content (AvgIpc) is 2.55. The Morgan fingerprint density at radius 1 is 0.609 bits per heavy atom. The van der Waals surface area contributed by atoms with E-state index in [0.29, 0.717) is 0 Å². The zero-order valence-corrected chi connectivity index (χ0v) is 14.0. The van der Waals surface area contributed by atoms with Gasteiger partial charge < -0.3 is 5.73 Å². The van der Waals surface area contributed by atoms with Crippen LogP contribution in [0.4, 0.5) is 5.69 Å². The molecule has 0 radical (unpaired) electrons. The van der Waals surface area contributed by atoms with Gasteiger partial charge in [0.05, 0.1) is 0 Å². The second kappa shape index (κ2) is 5.92. The van der Waals surface area contributed by atoms with Crippen LogP contribution in [0.2, 0.25) is 0 Å². The lowest BCUT2D eigenvalue weighted by molar-refractivity contribution is 0.590. The molecule has 3 aromatic rings. The Bertz CT molecular complexity index is 791. The Morgan fingerprint density at radius 2 is 1.09 bits per heavy atom. The van der Waals surface area contributed by atoms with Crippen molar-refractivity contribution in [2.75, 3.05) is 5.73 Å². The largest absolute Gasteiger partial charge is 0.399 e. The lowest BCUT2D eigenvalue weighted by Crippen LogP contribution is -2.10. The molecule has 0 saturated heterocycles. The van der Waals surface area contributed by atoms with Gasteiger partial charge in [-0.3, -0.25) is 0 Å². The van der Waals surface area contributed by atoms with E-state index in [9.17, 15) is 0 Å². The van der Waals surface area contributed by atoms with E-state index in [-0.39, 0.29) is 5.41 Å². The second-order valence-electron chi connectivity index (χ2n) is 7.03. The van der Waals surface area contributed by atoms with Crippen LogP contribution < -0.4 is 5.73 Å². The van der Waals surface area contributed by atoms with Crippen molar-refractivity contribution in [1.82, 2.24) is 0 Å². The zero-order valence-electron chi connectivity index (χ0n) is 14.0. The molecule has 0 amide bonds. The molecular formula is C22H23N. The maximum absolute atomic E-state index is 5.77. The van der Waals surface area contributed by atoms with Crippen molar-refractivity contribution in [3.05, 3.63) is 78.4 Å². The monoisotopic (exact) mass is 301 g/mol. The topological polar surface area (TPSA) is 26.0 Å². The van der Waals surface area contributed by atoms with E-state index in [2.05, 4.69) is 81.4 Å². The Labute approximate surface area is 138 Å². The summed E-state index contributed by atoms with van der Waals surface area (Å²) in [7, 11) is 0. The number of benzene rings is 3. The molecule has 0 bridgehead atoms. The van der Waals surface area contributed by atoms with Gasteiger partial charge >= 0.3 is 0 Å². The Morgan fingerprint density at radius 3 is 1.57 bits per heavy atom. The van der Waals surface area contributed by atoms with E-state index in [1.807, 2.05) is 12.1 Å². The summed E-state index contributed by atoms with van der Waals surface area (Å²) in [5, 5.41) is 0. The smallest absolute Gasteiger partial charge is 0.0314 e. The van der Waals surface area contributed by atoms with Crippen LogP contribution >= 0.6 is 0 Å². The van der Waals surface area contributed by atoms with Crippen molar-refractivity contribution >= 4 is 5.69 Å². The van der Waals surface area contributed by atoms with Crippen molar-refractivity contribution in [3.8, 4) is 22.3 Å². The zero-order chi connectivity index (χ0) is 16.4. The molecule has 116 valence electrons. The molecule has 23 heavy (non-hydrogen) atoms. The van der Waals surface area contributed by atoms with Crippen LogP contribution in [0.25, 0.3) is 22.3 Å².